The maximum absolute atomic E-state index is 12.6. The molecular weight excluding hydrogens is 203 g/mol. The van der Waals surface area contributed by atoms with Gasteiger partial charge >= 0.3 is 6.18 Å². The molecule has 1 unspecified atom stereocenters. The summed E-state index contributed by atoms with van der Waals surface area (Å²) in [5.41, 5.74) is 6.41. The normalized spacial score (nSPS) is 14.1. The van der Waals surface area contributed by atoms with Gasteiger partial charge in [-0.05, 0) is 38.0 Å². The third-order valence-corrected chi connectivity index (χ3v) is 2.39. The Labute approximate surface area is 87.1 Å². The number of nitrogens with two attached hydrogens (primary N) is 1. The maximum atomic E-state index is 12.6. The van der Waals surface area contributed by atoms with Crippen molar-refractivity contribution in [2.45, 2.75) is 33.0 Å². The van der Waals surface area contributed by atoms with Crippen molar-refractivity contribution in [3.8, 4) is 0 Å². The van der Waals surface area contributed by atoms with E-state index in [4.69, 9.17) is 5.73 Å². The monoisotopic (exact) mass is 217 g/mol. The van der Waals surface area contributed by atoms with E-state index in [1.165, 1.54) is 6.92 Å². The van der Waals surface area contributed by atoms with Crippen LogP contribution in [0.1, 0.15) is 35.2 Å². The summed E-state index contributed by atoms with van der Waals surface area (Å²) in [5, 5.41) is 0. The molecule has 4 heteroatoms. The molecule has 1 aromatic rings. The molecule has 0 saturated carbocycles. The van der Waals surface area contributed by atoms with Gasteiger partial charge in [-0.25, -0.2) is 0 Å². The highest BCUT2D eigenvalue weighted by molar-refractivity contribution is 5.41. The van der Waals surface area contributed by atoms with Crippen LogP contribution in [-0.2, 0) is 6.18 Å². The first kappa shape index (κ1) is 12.0. The predicted octanol–water partition coefficient (Wildman–Crippen LogP) is 3.34. The number of hydrogen-bond donors (Lipinski definition) is 1. The van der Waals surface area contributed by atoms with E-state index in [0.29, 0.717) is 11.1 Å². The number of aryl methyl sites for hydroxylation is 1. The van der Waals surface area contributed by atoms with Crippen LogP contribution in [0.25, 0.3) is 0 Å². The summed E-state index contributed by atoms with van der Waals surface area (Å²) in [6.45, 7) is 4.78. The second kappa shape index (κ2) is 3.85. The second-order valence-corrected chi connectivity index (χ2v) is 3.81. The summed E-state index contributed by atoms with van der Waals surface area (Å²) in [5.74, 6) is 0. The van der Waals surface area contributed by atoms with Crippen molar-refractivity contribution >= 4 is 0 Å². The van der Waals surface area contributed by atoms with E-state index in [-0.39, 0.29) is 11.6 Å². The standard InChI is InChI=1S/C11H14F3N/c1-6-4-9(8(3)15)7(2)10(5-6)11(12,13)14/h4-5,8H,15H2,1-3H3. The Morgan fingerprint density at radius 3 is 2.13 bits per heavy atom. The number of halogens is 3. The molecule has 1 atom stereocenters. The van der Waals surface area contributed by atoms with Crippen LogP contribution in [0.2, 0.25) is 0 Å². The lowest BCUT2D eigenvalue weighted by atomic mass is 9.95. The van der Waals surface area contributed by atoms with Gasteiger partial charge in [-0.2, -0.15) is 13.2 Å². The molecule has 0 bridgehead atoms. The van der Waals surface area contributed by atoms with Gasteiger partial charge in [0.2, 0.25) is 0 Å². The number of alkyl halides is 3. The first-order valence-corrected chi connectivity index (χ1v) is 4.67. The van der Waals surface area contributed by atoms with Gasteiger partial charge in [-0.1, -0.05) is 11.6 Å². The molecule has 0 aliphatic heterocycles. The van der Waals surface area contributed by atoms with Crippen LogP contribution >= 0.6 is 0 Å². The van der Waals surface area contributed by atoms with Crippen molar-refractivity contribution in [3.63, 3.8) is 0 Å². The lowest BCUT2D eigenvalue weighted by Crippen LogP contribution is -2.14. The van der Waals surface area contributed by atoms with E-state index >= 15 is 0 Å². The third-order valence-electron chi connectivity index (χ3n) is 2.39. The molecule has 0 radical (unpaired) electrons. The first-order valence-electron chi connectivity index (χ1n) is 4.67. The maximum Gasteiger partial charge on any atom is 0.416 e. The fourth-order valence-electron chi connectivity index (χ4n) is 1.65. The van der Waals surface area contributed by atoms with Crippen molar-refractivity contribution in [1.29, 1.82) is 0 Å². The highest BCUT2D eigenvalue weighted by Gasteiger charge is 2.33. The molecule has 84 valence electrons. The summed E-state index contributed by atoms with van der Waals surface area (Å²) in [7, 11) is 0. The Balaban J connectivity index is 3.42. The Hall–Kier alpha value is -1.03. The summed E-state index contributed by atoms with van der Waals surface area (Å²) in [6.07, 6.45) is -4.31. The highest BCUT2D eigenvalue weighted by Crippen LogP contribution is 2.35. The zero-order chi connectivity index (χ0) is 11.8. The molecule has 0 heterocycles. The van der Waals surface area contributed by atoms with Crippen molar-refractivity contribution in [2.24, 2.45) is 5.73 Å². The highest BCUT2D eigenvalue weighted by atomic mass is 19.4. The molecule has 0 aliphatic rings. The van der Waals surface area contributed by atoms with Gasteiger partial charge in [0.15, 0.2) is 0 Å². The van der Waals surface area contributed by atoms with Crippen LogP contribution < -0.4 is 5.73 Å². The molecule has 0 amide bonds. The van der Waals surface area contributed by atoms with E-state index in [1.54, 1.807) is 19.9 Å². The van der Waals surface area contributed by atoms with Crippen LogP contribution in [-0.4, -0.2) is 0 Å². The Morgan fingerprint density at radius 1 is 1.20 bits per heavy atom. The minimum absolute atomic E-state index is 0.225. The van der Waals surface area contributed by atoms with E-state index in [0.717, 1.165) is 6.07 Å². The number of rotatable bonds is 1. The fourth-order valence-corrected chi connectivity index (χ4v) is 1.65. The third kappa shape index (κ3) is 2.50. The van der Waals surface area contributed by atoms with Crippen molar-refractivity contribution < 1.29 is 13.2 Å². The van der Waals surface area contributed by atoms with E-state index < -0.39 is 11.7 Å². The van der Waals surface area contributed by atoms with Crippen molar-refractivity contribution in [1.82, 2.24) is 0 Å². The first-order chi connectivity index (χ1) is 6.73. The molecule has 1 nitrogen and oxygen atoms in total. The average Bonchev–Trinajstić information content (AvgIpc) is 2.06. The summed E-state index contributed by atoms with van der Waals surface area (Å²) >= 11 is 0. The van der Waals surface area contributed by atoms with Crippen LogP contribution in [0, 0.1) is 13.8 Å². The fraction of sp³-hybridized carbons (Fsp3) is 0.455. The number of hydrogen-bond acceptors (Lipinski definition) is 1. The van der Waals surface area contributed by atoms with Gasteiger partial charge in [0.1, 0.15) is 0 Å². The molecule has 1 rings (SSSR count). The Morgan fingerprint density at radius 2 is 1.73 bits per heavy atom. The lowest BCUT2D eigenvalue weighted by molar-refractivity contribution is -0.138. The topological polar surface area (TPSA) is 26.0 Å². The van der Waals surface area contributed by atoms with Crippen molar-refractivity contribution in [2.75, 3.05) is 0 Å². The molecule has 0 aliphatic carbocycles. The van der Waals surface area contributed by atoms with Crippen molar-refractivity contribution in [3.05, 3.63) is 34.4 Å². The van der Waals surface area contributed by atoms with Gasteiger partial charge in [-0.3, -0.25) is 0 Å². The Bertz CT molecular complexity index is 367. The van der Waals surface area contributed by atoms with E-state index in [9.17, 15) is 13.2 Å². The molecule has 0 fully saturated rings. The Kier molecular flexibility index (Phi) is 3.09. The van der Waals surface area contributed by atoms with Gasteiger partial charge in [0.25, 0.3) is 0 Å². The van der Waals surface area contributed by atoms with Crippen LogP contribution in [0.4, 0.5) is 13.2 Å². The molecule has 0 aromatic heterocycles. The van der Waals surface area contributed by atoms with E-state index in [1.807, 2.05) is 0 Å². The largest absolute Gasteiger partial charge is 0.416 e. The molecule has 0 spiro atoms. The predicted molar refractivity (Wildman–Crippen MR) is 53.5 cm³/mol. The lowest BCUT2D eigenvalue weighted by Gasteiger charge is -2.17. The smallest absolute Gasteiger partial charge is 0.324 e. The second-order valence-electron chi connectivity index (χ2n) is 3.81. The number of benzene rings is 1. The van der Waals surface area contributed by atoms with Gasteiger partial charge in [0, 0.05) is 6.04 Å². The van der Waals surface area contributed by atoms with Crippen LogP contribution in [0.3, 0.4) is 0 Å². The van der Waals surface area contributed by atoms with Gasteiger partial charge in [-0.15, -0.1) is 0 Å². The van der Waals surface area contributed by atoms with Gasteiger partial charge < -0.3 is 5.73 Å². The zero-order valence-corrected chi connectivity index (χ0v) is 8.94. The molecule has 1 aromatic carbocycles. The SMILES string of the molecule is Cc1cc(C(C)N)c(C)c(C(F)(F)F)c1. The average molecular weight is 217 g/mol. The van der Waals surface area contributed by atoms with Crippen LogP contribution in [0.15, 0.2) is 12.1 Å². The quantitative estimate of drug-likeness (QED) is 0.767. The minimum atomic E-state index is -4.31. The zero-order valence-electron chi connectivity index (χ0n) is 8.94. The molecule has 0 saturated heterocycles. The van der Waals surface area contributed by atoms with E-state index in [2.05, 4.69) is 0 Å². The van der Waals surface area contributed by atoms with Gasteiger partial charge in [0.05, 0.1) is 5.56 Å². The molecule has 2 N–H and O–H groups in total. The minimum Gasteiger partial charge on any atom is -0.324 e. The molecular formula is C11H14F3N. The molecule has 15 heavy (non-hydrogen) atoms. The summed E-state index contributed by atoms with van der Waals surface area (Å²) in [4.78, 5) is 0. The summed E-state index contributed by atoms with van der Waals surface area (Å²) < 4.78 is 37.9. The summed E-state index contributed by atoms with van der Waals surface area (Å²) in [6, 6.07) is 2.47. The van der Waals surface area contributed by atoms with Crippen LogP contribution in [0.5, 0.6) is 0 Å².